The van der Waals surface area contributed by atoms with Crippen LogP contribution in [0.1, 0.15) is 26.7 Å². The van der Waals surface area contributed by atoms with E-state index in [1.807, 2.05) is 0 Å². The van der Waals surface area contributed by atoms with Crippen LogP contribution < -0.4 is 0 Å². The van der Waals surface area contributed by atoms with Crippen molar-refractivity contribution in [2.45, 2.75) is 32.7 Å². The summed E-state index contributed by atoms with van der Waals surface area (Å²) in [5.41, 5.74) is 0. The molecule has 0 aliphatic heterocycles. The lowest BCUT2D eigenvalue weighted by Crippen LogP contribution is -2.39. The maximum Gasteiger partial charge on any atom is 0.0391 e. The van der Waals surface area contributed by atoms with Gasteiger partial charge in [0.05, 0.1) is 0 Å². The van der Waals surface area contributed by atoms with Gasteiger partial charge in [-0.25, -0.2) is 0 Å². The highest BCUT2D eigenvalue weighted by Gasteiger charge is 2.14. The average molecular weight is 249 g/mol. The van der Waals surface area contributed by atoms with E-state index in [0.717, 1.165) is 13.1 Å². The number of halogens is 3. The smallest absolute Gasteiger partial charge is 0.0391 e. The molecule has 0 bridgehead atoms. The fraction of sp³-hybridized carbons (Fsp3) is 1.00. The van der Waals surface area contributed by atoms with E-state index in [0.29, 0.717) is 17.8 Å². The maximum atomic E-state index is 5.81. The molecule has 0 atom stereocenters. The molecule has 1 nitrogen and oxygen atoms in total. The van der Waals surface area contributed by atoms with Gasteiger partial charge >= 0.3 is 0 Å². The summed E-state index contributed by atoms with van der Waals surface area (Å²) >= 11 is 11.6. The third-order valence-corrected chi connectivity index (χ3v) is 2.61. The van der Waals surface area contributed by atoms with E-state index in [9.17, 15) is 0 Å². The zero-order valence-corrected chi connectivity index (χ0v) is 10.8. The first-order valence-electron chi connectivity index (χ1n) is 4.66. The van der Waals surface area contributed by atoms with Crippen LogP contribution in [0.15, 0.2) is 0 Å². The number of hydrogen-bond acceptors (Lipinski definition) is 1. The van der Waals surface area contributed by atoms with Crippen molar-refractivity contribution in [1.82, 2.24) is 4.90 Å². The van der Waals surface area contributed by atoms with E-state index in [1.54, 1.807) is 0 Å². The summed E-state index contributed by atoms with van der Waals surface area (Å²) in [4.78, 5) is 2.38. The van der Waals surface area contributed by atoms with Gasteiger partial charge in [-0.15, -0.1) is 35.6 Å². The predicted octanol–water partition coefficient (Wildman–Crippen LogP) is 3.38. The molecule has 0 spiro atoms. The van der Waals surface area contributed by atoms with Crippen LogP contribution in [0, 0.1) is 0 Å². The van der Waals surface area contributed by atoms with Gasteiger partial charge in [-0.3, -0.25) is 4.90 Å². The number of rotatable bonds is 7. The molecule has 0 aromatic carbocycles. The van der Waals surface area contributed by atoms with Crippen molar-refractivity contribution in [3.8, 4) is 0 Å². The Kier molecular flexibility index (Phi) is 13.6. The summed E-state index contributed by atoms with van der Waals surface area (Å²) in [5, 5.41) is 0. The largest absolute Gasteiger partial charge is 0.298 e. The molecule has 0 radical (unpaired) electrons. The molecule has 0 aliphatic carbocycles. The molecular weight excluding hydrogens is 228 g/mol. The molecule has 0 saturated carbocycles. The fourth-order valence-corrected chi connectivity index (χ4v) is 2.01. The second kappa shape index (κ2) is 10.9. The van der Waals surface area contributed by atoms with E-state index in [4.69, 9.17) is 23.2 Å². The van der Waals surface area contributed by atoms with Crippen molar-refractivity contribution in [2.75, 3.05) is 24.8 Å². The molecule has 0 fully saturated rings. The Hall–Kier alpha value is 0.830. The standard InChI is InChI=1S/C9H19Cl2N.ClH/c1-3-5-12(6-4-2)9(7-10)8-11;/h9H,3-8H2,1-2H3;1H. The van der Waals surface area contributed by atoms with Crippen molar-refractivity contribution in [1.29, 1.82) is 0 Å². The lowest BCUT2D eigenvalue weighted by molar-refractivity contribution is 0.227. The second-order valence-electron chi connectivity index (χ2n) is 3.00. The van der Waals surface area contributed by atoms with Crippen molar-refractivity contribution in [3.05, 3.63) is 0 Å². The Balaban J connectivity index is 0. The van der Waals surface area contributed by atoms with Crippen LogP contribution in [0.2, 0.25) is 0 Å². The van der Waals surface area contributed by atoms with Crippen LogP contribution >= 0.6 is 35.6 Å². The Labute approximate surface area is 98.2 Å². The number of nitrogens with zero attached hydrogens (tertiary/aromatic N) is 1. The van der Waals surface area contributed by atoms with E-state index >= 15 is 0 Å². The van der Waals surface area contributed by atoms with Gasteiger partial charge < -0.3 is 0 Å². The van der Waals surface area contributed by atoms with Crippen LogP contribution in [0.4, 0.5) is 0 Å². The minimum atomic E-state index is 0. The highest BCUT2D eigenvalue weighted by molar-refractivity contribution is 6.21. The second-order valence-corrected chi connectivity index (χ2v) is 3.62. The molecule has 0 saturated heterocycles. The Morgan fingerprint density at radius 3 is 1.62 bits per heavy atom. The van der Waals surface area contributed by atoms with Crippen LogP contribution in [-0.2, 0) is 0 Å². The molecule has 0 amide bonds. The Morgan fingerprint density at radius 2 is 1.38 bits per heavy atom. The van der Waals surface area contributed by atoms with Gasteiger partial charge in [-0.1, -0.05) is 13.8 Å². The first kappa shape index (κ1) is 16.3. The Bertz CT molecular complexity index is 90.9. The van der Waals surface area contributed by atoms with Crippen LogP contribution in [0.3, 0.4) is 0 Å². The first-order chi connectivity index (χ1) is 5.79. The molecule has 0 aromatic heterocycles. The summed E-state index contributed by atoms with van der Waals surface area (Å²) < 4.78 is 0. The van der Waals surface area contributed by atoms with Gasteiger partial charge in [0.1, 0.15) is 0 Å². The fourth-order valence-electron chi connectivity index (χ4n) is 1.29. The molecular formula is C9H20Cl3N. The van der Waals surface area contributed by atoms with E-state index in [1.165, 1.54) is 12.8 Å². The highest BCUT2D eigenvalue weighted by Crippen LogP contribution is 2.06. The molecule has 13 heavy (non-hydrogen) atoms. The van der Waals surface area contributed by atoms with Gasteiger partial charge in [0.15, 0.2) is 0 Å². The maximum absolute atomic E-state index is 5.81. The van der Waals surface area contributed by atoms with Crippen molar-refractivity contribution < 1.29 is 0 Å². The summed E-state index contributed by atoms with van der Waals surface area (Å²) in [7, 11) is 0. The van der Waals surface area contributed by atoms with Crippen molar-refractivity contribution in [3.63, 3.8) is 0 Å². The summed E-state index contributed by atoms with van der Waals surface area (Å²) in [6.45, 7) is 6.58. The molecule has 0 rings (SSSR count). The first-order valence-corrected chi connectivity index (χ1v) is 5.72. The molecule has 0 aliphatic rings. The molecule has 82 valence electrons. The molecule has 0 heterocycles. The van der Waals surface area contributed by atoms with Crippen molar-refractivity contribution in [2.24, 2.45) is 0 Å². The van der Waals surface area contributed by atoms with Crippen LogP contribution in [0.5, 0.6) is 0 Å². The molecule has 4 heteroatoms. The molecule has 0 aromatic rings. The quantitative estimate of drug-likeness (QED) is 0.625. The highest BCUT2D eigenvalue weighted by atomic mass is 35.5. The van der Waals surface area contributed by atoms with Gasteiger partial charge in [0.2, 0.25) is 0 Å². The van der Waals surface area contributed by atoms with Gasteiger partial charge in [-0.2, -0.15) is 0 Å². The van der Waals surface area contributed by atoms with E-state index < -0.39 is 0 Å². The normalized spacial score (nSPS) is 10.6. The SMILES string of the molecule is CCCN(CCC)C(CCl)CCl.Cl. The molecule has 0 N–H and O–H groups in total. The average Bonchev–Trinajstić information content (AvgIpc) is 2.07. The van der Waals surface area contributed by atoms with Crippen LogP contribution in [-0.4, -0.2) is 35.8 Å². The molecule has 0 unspecified atom stereocenters. The van der Waals surface area contributed by atoms with E-state index in [-0.39, 0.29) is 12.4 Å². The number of alkyl halides is 2. The zero-order valence-electron chi connectivity index (χ0n) is 8.43. The van der Waals surface area contributed by atoms with Gasteiger partial charge in [0.25, 0.3) is 0 Å². The Morgan fingerprint density at radius 1 is 1.00 bits per heavy atom. The third kappa shape index (κ3) is 6.84. The van der Waals surface area contributed by atoms with Crippen LogP contribution in [0.25, 0.3) is 0 Å². The van der Waals surface area contributed by atoms with Gasteiger partial charge in [-0.05, 0) is 25.9 Å². The lowest BCUT2D eigenvalue weighted by Gasteiger charge is -2.28. The minimum Gasteiger partial charge on any atom is -0.298 e. The van der Waals surface area contributed by atoms with Gasteiger partial charge in [0, 0.05) is 17.8 Å². The predicted molar refractivity (Wildman–Crippen MR) is 64.6 cm³/mol. The minimum absolute atomic E-state index is 0. The third-order valence-electron chi connectivity index (χ3n) is 1.89. The monoisotopic (exact) mass is 247 g/mol. The van der Waals surface area contributed by atoms with E-state index in [2.05, 4.69) is 18.7 Å². The zero-order chi connectivity index (χ0) is 9.40. The lowest BCUT2D eigenvalue weighted by atomic mass is 10.2. The summed E-state index contributed by atoms with van der Waals surface area (Å²) in [6.07, 6.45) is 2.34. The van der Waals surface area contributed by atoms with Crippen molar-refractivity contribution >= 4 is 35.6 Å². The summed E-state index contributed by atoms with van der Waals surface area (Å²) in [5.74, 6) is 1.28. The topological polar surface area (TPSA) is 3.24 Å². The summed E-state index contributed by atoms with van der Waals surface area (Å²) in [6, 6.07) is 0.355. The number of hydrogen-bond donors (Lipinski definition) is 0.